The van der Waals surface area contributed by atoms with Crippen molar-refractivity contribution in [2.24, 2.45) is 5.92 Å². The van der Waals surface area contributed by atoms with Crippen molar-refractivity contribution < 1.29 is 0 Å². The molecule has 2 heteroatoms. The van der Waals surface area contributed by atoms with Crippen LogP contribution in [0.15, 0.2) is 24.2 Å². The Bertz CT molecular complexity index is 351. The molecule has 1 N–H and O–H groups in total. The minimum atomic E-state index is 0.608. The van der Waals surface area contributed by atoms with Gasteiger partial charge in [0, 0.05) is 17.8 Å². The third kappa shape index (κ3) is 1.73. The Morgan fingerprint density at radius 3 is 3.07 bits per heavy atom. The third-order valence-corrected chi connectivity index (χ3v) is 3.95. The lowest BCUT2D eigenvalue weighted by Crippen LogP contribution is -2.17. The summed E-state index contributed by atoms with van der Waals surface area (Å²) in [6.07, 6.45) is 14.6. The van der Waals surface area contributed by atoms with Gasteiger partial charge in [-0.2, -0.15) is 0 Å². The molecule has 1 aromatic rings. The first-order valence-corrected chi connectivity index (χ1v) is 6.12. The fraction of sp³-hybridized carbons (Fsp3) is 0.615. The van der Waals surface area contributed by atoms with E-state index in [9.17, 15) is 0 Å². The summed E-state index contributed by atoms with van der Waals surface area (Å²) in [4.78, 5) is 7.36. The zero-order chi connectivity index (χ0) is 10.1. The Morgan fingerprint density at radius 1 is 1.20 bits per heavy atom. The highest BCUT2D eigenvalue weighted by molar-refractivity contribution is 5.22. The van der Waals surface area contributed by atoms with Gasteiger partial charge in [-0.1, -0.05) is 18.1 Å². The van der Waals surface area contributed by atoms with Crippen LogP contribution >= 0.6 is 0 Å². The molecule has 2 nitrogen and oxygen atoms in total. The van der Waals surface area contributed by atoms with Gasteiger partial charge in [0.25, 0.3) is 0 Å². The van der Waals surface area contributed by atoms with Gasteiger partial charge in [0.2, 0.25) is 0 Å². The number of aromatic nitrogens is 2. The maximum Gasteiger partial charge on any atom is 0.0921 e. The quantitative estimate of drug-likeness (QED) is 0.695. The monoisotopic (exact) mass is 202 g/mol. The number of aromatic amines is 1. The van der Waals surface area contributed by atoms with Crippen LogP contribution in [0.2, 0.25) is 0 Å². The van der Waals surface area contributed by atoms with Gasteiger partial charge < -0.3 is 4.98 Å². The molecule has 0 saturated heterocycles. The first kappa shape index (κ1) is 9.20. The molecule has 1 aromatic heterocycles. The molecule has 1 fully saturated rings. The lowest BCUT2D eigenvalue weighted by molar-refractivity contribution is 0.387. The molecule has 3 rings (SSSR count). The van der Waals surface area contributed by atoms with Crippen molar-refractivity contribution in [3.8, 4) is 0 Å². The average Bonchev–Trinajstić information content (AvgIpc) is 2.82. The number of hydrogen-bond donors (Lipinski definition) is 1. The Balaban J connectivity index is 1.83. The predicted octanol–water partition coefficient (Wildman–Crippen LogP) is 3.40. The smallest absolute Gasteiger partial charge is 0.0921 e. The topological polar surface area (TPSA) is 28.7 Å². The molecule has 1 heterocycles. The van der Waals surface area contributed by atoms with Crippen LogP contribution in [0.25, 0.3) is 0 Å². The van der Waals surface area contributed by atoms with E-state index in [0.717, 1.165) is 5.92 Å². The Hall–Kier alpha value is -1.05. The van der Waals surface area contributed by atoms with Gasteiger partial charge in [-0.3, -0.25) is 0 Å². The predicted molar refractivity (Wildman–Crippen MR) is 60.6 cm³/mol. The van der Waals surface area contributed by atoms with Crippen molar-refractivity contribution in [3.05, 3.63) is 29.9 Å². The number of fused-ring (bicyclic) bond motifs is 1. The second-order valence-corrected chi connectivity index (χ2v) is 4.88. The molecular weight excluding hydrogens is 184 g/mol. The highest BCUT2D eigenvalue weighted by atomic mass is 14.9. The van der Waals surface area contributed by atoms with E-state index in [-0.39, 0.29) is 0 Å². The van der Waals surface area contributed by atoms with Crippen molar-refractivity contribution >= 4 is 0 Å². The summed E-state index contributed by atoms with van der Waals surface area (Å²) in [5.41, 5.74) is 3.03. The van der Waals surface area contributed by atoms with Gasteiger partial charge in [0.15, 0.2) is 0 Å². The molecule has 0 radical (unpaired) electrons. The molecule has 2 aliphatic carbocycles. The van der Waals surface area contributed by atoms with E-state index in [2.05, 4.69) is 16.0 Å². The first-order chi connectivity index (χ1) is 7.43. The summed E-state index contributed by atoms with van der Waals surface area (Å²) >= 11 is 0. The molecule has 2 aliphatic rings. The van der Waals surface area contributed by atoms with Crippen LogP contribution in [0.3, 0.4) is 0 Å². The number of nitrogens with zero attached hydrogens (tertiary/aromatic N) is 1. The Labute approximate surface area is 90.8 Å². The van der Waals surface area contributed by atoms with E-state index in [4.69, 9.17) is 0 Å². The lowest BCUT2D eigenvalue weighted by Gasteiger charge is -2.31. The molecule has 0 aromatic carbocycles. The van der Waals surface area contributed by atoms with Crippen LogP contribution in [-0.4, -0.2) is 9.97 Å². The lowest BCUT2D eigenvalue weighted by atomic mass is 9.74. The van der Waals surface area contributed by atoms with E-state index in [1.165, 1.54) is 44.2 Å². The van der Waals surface area contributed by atoms with E-state index >= 15 is 0 Å². The van der Waals surface area contributed by atoms with Crippen molar-refractivity contribution in [3.63, 3.8) is 0 Å². The van der Waals surface area contributed by atoms with Crippen LogP contribution in [0.4, 0.5) is 0 Å². The van der Waals surface area contributed by atoms with Gasteiger partial charge in [-0.05, 0) is 38.0 Å². The van der Waals surface area contributed by atoms with E-state index < -0.39 is 0 Å². The number of H-pyrrole nitrogens is 1. The number of nitrogens with one attached hydrogen (secondary N) is 1. The highest BCUT2D eigenvalue weighted by Gasteiger charge is 2.26. The molecule has 80 valence electrons. The summed E-state index contributed by atoms with van der Waals surface area (Å²) in [5, 5.41) is 0. The van der Waals surface area contributed by atoms with Crippen molar-refractivity contribution in [1.82, 2.24) is 9.97 Å². The molecule has 15 heavy (non-hydrogen) atoms. The zero-order valence-corrected chi connectivity index (χ0v) is 9.08. The SMILES string of the molecule is C1=C2CCCC[C@H]2CC[C@H]1c1cnc[nH]1. The number of hydrogen-bond acceptors (Lipinski definition) is 1. The number of rotatable bonds is 1. The van der Waals surface area contributed by atoms with Gasteiger partial charge in [0.05, 0.1) is 6.33 Å². The van der Waals surface area contributed by atoms with E-state index in [0.29, 0.717) is 5.92 Å². The summed E-state index contributed by atoms with van der Waals surface area (Å²) in [7, 11) is 0. The van der Waals surface area contributed by atoms with Crippen molar-refractivity contribution in [1.29, 1.82) is 0 Å². The van der Waals surface area contributed by atoms with Crippen molar-refractivity contribution in [2.75, 3.05) is 0 Å². The molecular formula is C13H18N2. The average molecular weight is 202 g/mol. The largest absolute Gasteiger partial charge is 0.348 e. The minimum Gasteiger partial charge on any atom is -0.348 e. The second-order valence-electron chi connectivity index (χ2n) is 4.88. The Kier molecular flexibility index (Phi) is 2.35. The molecule has 1 saturated carbocycles. The van der Waals surface area contributed by atoms with E-state index in [1.807, 2.05) is 6.20 Å². The van der Waals surface area contributed by atoms with E-state index in [1.54, 1.807) is 11.9 Å². The minimum absolute atomic E-state index is 0.608. The van der Waals surface area contributed by atoms with Crippen molar-refractivity contribution in [2.45, 2.75) is 44.4 Å². The number of allylic oxidation sites excluding steroid dienone is 2. The van der Waals surface area contributed by atoms with Gasteiger partial charge in [0.1, 0.15) is 0 Å². The van der Waals surface area contributed by atoms with Crippen LogP contribution in [0.5, 0.6) is 0 Å². The third-order valence-electron chi connectivity index (χ3n) is 3.95. The van der Waals surface area contributed by atoms with Gasteiger partial charge in [-0.25, -0.2) is 4.98 Å². The maximum atomic E-state index is 4.12. The summed E-state index contributed by atoms with van der Waals surface area (Å²) < 4.78 is 0. The second kappa shape index (κ2) is 3.84. The highest BCUT2D eigenvalue weighted by Crippen LogP contribution is 2.40. The summed E-state index contributed by atoms with van der Waals surface area (Å²) in [6, 6.07) is 0. The normalized spacial score (nSPS) is 30.8. The number of imidazole rings is 1. The van der Waals surface area contributed by atoms with Crippen LogP contribution < -0.4 is 0 Å². The first-order valence-electron chi connectivity index (χ1n) is 6.12. The van der Waals surface area contributed by atoms with Gasteiger partial charge >= 0.3 is 0 Å². The standard InChI is InChI=1S/C13H18N2/c1-2-4-11-7-12(6-5-10(11)3-1)13-8-14-9-15-13/h7-10,12H,1-6H2,(H,14,15)/t10-,12+/m0/s1. The molecule has 0 amide bonds. The molecule has 0 bridgehead atoms. The fourth-order valence-electron chi connectivity index (χ4n) is 3.10. The molecule has 0 unspecified atom stereocenters. The summed E-state index contributed by atoms with van der Waals surface area (Å²) in [5.74, 6) is 1.52. The van der Waals surface area contributed by atoms with Crippen LogP contribution in [-0.2, 0) is 0 Å². The van der Waals surface area contributed by atoms with Crippen LogP contribution in [0.1, 0.15) is 50.1 Å². The maximum absolute atomic E-state index is 4.12. The fourth-order valence-corrected chi connectivity index (χ4v) is 3.10. The summed E-state index contributed by atoms with van der Waals surface area (Å²) in [6.45, 7) is 0. The molecule has 0 aliphatic heterocycles. The Morgan fingerprint density at radius 2 is 2.20 bits per heavy atom. The molecule has 2 atom stereocenters. The zero-order valence-electron chi connectivity index (χ0n) is 9.08. The van der Waals surface area contributed by atoms with Gasteiger partial charge in [-0.15, -0.1) is 0 Å². The van der Waals surface area contributed by atoms with Crippen LogP contribution in [0, 0.1) is 5.92 Å². The molecule has 0 spiro atoms.